The van der Waals surface area contributed by atoms with Crippen molar-refractivity contribution in [3.8, 4) is 0 Å². The number of nitrogens with zero attached hydrogens (tertiary/aromatic N) is 4. The molecule has 1 aromatic heterocycles. The van der Waals surface area contributed by atoms with Crippen LogP contribution in [0.15, 0.2) is 6.07 Å². The fourth-order valence-electron chi connectivity index (χ4n) is 2.93. The maximum atomic E-state index is 5.54. The van der Waals surface area contributed by atoms with E-state index in [1.54, 1.807) is 0 Å². The molecule has 1 fully saturated rings. The lowest BCUT2D eigenvalue weighted by molar-refractivity contribution is 0.232. The predicted molar refractivity (Wildman–Crippen MR) is 87.5 cm³/mol. The van der Waals surface area contributed by atoms with Crippen molar-refractivity contribution in [1.82, 2.24) is 14.9 Å². The van der Waals surface area contributed by atoms with E-state index < -0.39 is 0 Å². The van der Waals surface area contributed by atoms with Gasteiger partial charge in [0, 0.05) is 31.1 Å². The minimum Gasteiger partial charge on any atom is -0.355 e. The van der Waals surface area contributed by atoms with Gasteiger partial charge in [0.2, 0.25) is 0 Å². The van der Waals surface area contributed by atoms with Crippen molar-refractivity contribution in [2.45, 2.75) is 46.1 Å². The van der Waals surface area contributed by atoms with E-state index in [0.29, 0.717) is 17.8 Å². The van der Waals surface area contributed by atoms with Gasteiger partial charge in [-0.05, 0) is 19.5 Å². The molecule has 6 nitrogen and oxygen atoms in total. The number of aromatic nitrogens is 2. The van der Waals surface area contributed by atoms with Gasteiger partial charge < -0.3 is 10.3 Å². The number of hydrazine groups is 1. The van der Waals surface area contributed by atoms with Gasteiger partial charge in [0.1, 0.15) is 17.5 Å². The molecule has 118 valence electrons. The van der Waals surface area contributed by atoms with E-state index in [4.69, 9.17) is 10.8 Å². The Labute approximate surface area is 127 Å². The summed E-state index contributed by atoms with van der Waals surface area (Å²) in [6, 6.07) is 2.56. The van der Waals surface area contributed by atoms with Crippen LogP contribution in [0.2, 0.25) is 0 Å². The van der Waals surface area contributed by atoms with Gasteiger partial charge >= 0.3 is 0 Å². The van der Waals surface area contributed by atoms with Gasteiger partial charge in [0.15, 0.2) is 0 Å². The van der Waals surface area contributed by atoms with Crippen LogP contribution >= 0.6 is 0 Å². The quantitative estimate of drug-likeness (QED) is 0.615. The Kier molecular flexibility index (Phi) is 5.36. The van der Waals surface area contributed by atoms with Gasteiger partial charge in [-0.3, -0.25) is 4.90 Å². The molecule has 1 atom stereocenters. The second kappa shape index (κ2) is 7.04. The topological polar surface area (TPSA) is 70.3 Å². The fraction of sp³-hybridized carbons (Fsp3) is 0.733. The first-order valence-electron chi connectivity index (χ1n) is 7.93. The maximum absolute atomic E-state index is 5.54. The van der Waals surface area contributed by atoms with Crippen molar-refractivity contribution in [1.29, 1.82) is 0 Å². The first-order chi connectivity index (χ1) is 10.1. The summed E-state index contributed by atoms with van der Waals surface area (Å²) in [4.78, 5) is 14.0. The Morgan fingerprint density at radius 3 is 2.67 bits per heavy atom. The standard InChI is InChI=1S/C15H28N6/c1-5-20(6-2)12-7-8-21(10-12)14-9-13(19-16)17-15(18-14)11(3)4/h9,11-12H,5-8,10,16H2,1-4H3,(H,17,18,19). The average molecular weight is 292 g/mol. The van der Waals surface area contributed by atoms with Crippen LogP contribution in [0.4, 0.5) is 11.6 Å². The molecule has 0 bridgehead atoms. The van der Waals surface area contributed by atoms with Crippen molar-refractivity contribution in [2.75, 3.05) is 36.5 Å². The third kappa shape index (κ3) is 3.63. The highest BCUT2D eigenvalue weighted by atomic mass is 15.3. The number of nitrogen functional groups attached to an aromatic ring is 1. The molecule has 2 heterocycles. The van der Waals surface area contributed by atoms with Crippen LogP contribution in [-0.4, -0.2) is 47.1 Å². The smallest absolute Gasteiger partial charge is 0.145 e. The summed E-state index contributed by atoms with van der Waals surface area (Å²) in [6.07, 6.45) is 1.19. The zero-order valence-electron chi connectivity index (χ0n) is 13.6. The normalized spacial score (nSPS) is 18.8. The van der Waals surface area contributed by atoms with Crippen LogP contribution in [0, 0.1) is 0 Å². The summed E-state index contributed by atoms with van der Waals surface area (Å²) in [7, 11) is 0. The van der Waals surface area contributed by atoms with E-state index in [-0.39, 0.29) is 0 Å². The van der Waals surface area contributed by atoms with Crippen LogP contribution < -0.4 is 16.2 Å². The Bertz CT molecular complexity index is 457. The minimum atomic E-state index is 0.290. The summed E-state index contributed by atoms with van der Waals surface area (Å²) < 4.78 is 0. The van der Waals surface area contributed by atoms with Crippen molar-refractivity contribution in [3.05, 3.63) is 11.9 Å². The maximum Gasteiger partial charge on any atom is 0.145 e. The monoisotopic (exact) mass is 292 g/mol. The third-order valence-corrected chi connectivity index (χ3v) is 4.21. The largest absolute Gasteiger partial charge is 0.355 e. The molecule has 0 aliphatic carbocycles. The minimum absolute atomic E-state index is 0.290. The molecule has 0 saturated carbocycles. The van der Waals surface area contributed by atoms with E-state index in [9.17, 15) is 0 Å². The Morgan fingerprint density at radius 1 is 1.38 bits per heavy atom. The molecule has 0 aromatic carbocycles. The van der Waals surface area contributed by atoms with Crippen LogP contribution in [-0.2, 0) is 0 Å². The molecule has 1 unspecified atom stereocenters. The molecule has 1 aromatic rings. The molecular weight excluding hydrogens is 264 g/mol. The molecule has 1 aliphatic rings. The van der Waals surface area contributed by atoms with E-state index >= 15 is 0 Å². The Balaban J connectivity index is 2.17. The molecule has 0 radical (unpaired) electrons. The van der Waals surface area contributed by atoms with E-state index in [0.717, 1.165) is 37.8 Å². The van der Waals surface area contributed by atoms with Gasteiger partial charge in [-0.15, -0.1) is 0 Å². The second-order valence-corrected chi connectivity index (χ2v) is 5.88. The van der Waals surface area contributed by atoms with Crippen LogP contribution in [0.25, 0.3) is 0 Å². The van der Waals surface area contributed by atoms with E-state index in [1.807, 2.05) is 6.07 Å². The summed E-state index contributed by atoms with van der Waals surface area (Å²) in [5.74, 6) is 8.34. The summed E-state index contributed by atoms with van der Waals surface area (Å²) >= 11 is 0. The van der Waals surface area contributed by atoms with Gasteiger partial charge in [-0.1, -0.05) is 27.7 Å². The number of anilines is 2. The zero-order chi connectivity index (χ0) is 15.4. The van der Waals surface area contributed by atoms with E-state index in [1.165, 1.54) is 6.42 Å². The molecule has 0 spiro atoms. The highest BCUT2D eigenvalue weighted by Gasteiger charge is 2.27. The zero-order valence-corrected chi connectivity index (χ0v) is 13.6. The number of nitrogens with one attached hydrogen (secondary N) is 1. The number of hydrogen-bond donors (Lipinski definition) is 2. The first-order valence-corrected chi connectivity index (χ1v) is 7.93. The summed E-state index contributed by atoms with van der Waals surface area (Å²) in [5, 5.41) is 0. The second-order valence-electron chi connectivity index (χ2n) is 5.88. The van der Waals surface area contributed by atoms with Gasteiger partial charge in [-0.2, -0.15) is 0 Å². The van der Waals surface area contributed by atoms with Crippen molar-refractivity contribution < 1.29 is 0 Å². The number of likely N-dealkylation sites (N-methyl/N-ethyl adjacent to an activating group) is 1. The SMILES string of the molecule is CCN(CC)C1CCN(c2cc(NN)nc(C(C)C)n2)C1. The molecule has 2 rings (SSSR count). The lowest BCUT2D eigenvalue weighted by Crippen LogP contribution is -2.37. The Hall–Kier alpha value is -1.40. The highest BCUT2D eigenvalue weighted by Crippen LogP contribution is 2.24. The number of rotatable bonds is 6. The van der Waals surface area contributed by atoms with Gasteiger partial charge in [0.25, 0.3) is 0 Å². The number of hydrogen-bond acceptors (Lipinski definition) is 6. The number of nitrogens with two attached hydrogens (primary N) is 1. The molecular formula is C15H28N6. The first kappa shape index (κ1) is 16.0. The average Bonchev–Trinajstić information content (AvgIpc) is 2.97. The van der Waals surface area contributed by atoms with Crippen LogP contribution in [0.3, 0.4) is 0 Å². The Morgan fingerprint density at radius 2 is 2.10 bits per heavy atom. The molecule has 1 saturated heterocycles. The van der Waals surface area contributed by atoms with Crippen LogP contribution in [0.1, 0.15) is 45.9 Å². The molecule has 3 N–H and O–H groups in total. The van der Waals surface area contributed by atoms with Gasteiger partial charge in [-0.25, -0.2) is 15.8 Å². The van der Waals surface area contributed by atoms with Crippen molar-refractivity contribution in [2.24, 2.45) is 5.84 Å². The predicted octanol–water partition coefficient (Wildman–Crippen LogP) is 1.81. The third-order valence-electron chi connectivity index (χ3n) is 4.21. The van der Waals surface area contributed by atoms with Crippen molar-refractivity contribution >= 4 is 11.6 Å². The summed E-state index contributed by atoms with van der Waals surface area (Å²) in [5.41, 5.74) is 2.65. The van der Waals surface area contributed by atoms with Gasteiger partial charge in [0.05, 0.1) is 0 Å². The lowest BCUT2D eigenvalue weighted by Gasteiger charge is -2.26. The molecule has 6 heteroatoms. The van der Waals surface area contributed by atoms with E-state index in [2.05, 4.69) is 47.9 Å². The fourth-order valence-corrected chi connectivity index (χ4v) is 2.93. The molecule has 0 amide bonds. The molecule has 1 aliphatic heterocycles. The summed E-state index contributed by atoms with van der Waals surface area (Å²) in [6.45, 7) is 12.9. The lowest BCUT2D eigenvalue weighted by atomic mass is 10.2. The molecule has 21 heavy (non-hydrogen) atoms. The van der Waals surface area contributed by atoms with Crippen molar-refractivity contribution in [3.63, 3.8) is 0 Å². The van der Waals surface area contributed by atoms with Crippen LogP contribution in [0.5, 0.6) is 0 Å². The highest BCUT2D eigenvalue weighted by molar-refractivity contribution is 5.50.